The Morgan fingerprint density at radius 3 is 2.31 bits per heavy atom. The van der Waals surface area contributed by atoms with Crippen LogP contribution in [-0.4, -0.2) is 6.17 Å². The quantitative estimate of drug-likeness (QED) is 0.645. The molecule has 0 bridgehead atoms. The predicted molar refractivity (Wildman–Crippen MR) is 89.2 cm³/mol. The maximum Gasteiger partial charge on any atom is 0.156 e. The van der Waals surface area contributed by atoms with Crippen LogP contribution in [0.3, 0.4) is 0 Å². The van der Waals surface area contributed by atoms with Crippen molar-refractivity contribution in [1.82, 2.24) is 0 Å². The molecule has 26 heavy (non-hydrogen) atoms. The number of benzene rings is 2. The minimum Gasteiger partial charge on any atom is -0.244 e. The molecule has 0 radical (unpaired) electrons. The van der Waals surface area contributed by atoms with Crippen LogP contribution in [0.4, 0.5) is 17.6 Å². The summed E-state index contributed by atoms with van der Waals surface area (Å²) in [5, 5.41) is 18.1. The Labute approximate surface area is 153 Å². The lowest BCUT2D eigenvalue weighted by atomic mass is 9.89. The Kier molecular flexibility index (Phi) is 5.90. The molecule has 0 aliphatic rings. The Morgan fingerprint density at radius 1 is 1.12 bits per heavy atom. The van der Waals surface area contributed by atoms with E-state index >= 15 is 0 Å². The standard InChI is InChI=1S/C19H13ClF4N2/c1-9-11(5-17(23)18(20)16(9)8-26)4-14-12(7-25)3-13(22)6-15(14)19(24)10(2)21/h3,5-6,10,19H,4H2,1-2H3. The van der Waals surface area contributed by atoms with Crippen LogP contribution in [0.15, 0.2) is 18.2 Å². The average Bonchev–Trinajstić information content (AvgIpc) is 2.60. The topological polar surface area (TPSA) is 47.6 Å². The third-order valence-corrected chi connectivity index (χ3v) is 4.51. The number of halogens is 5. The summed E-state index contributed by atoms with van der Waals surface area (Å²) in [5.41, 5.74) is 0.0776. The summed E-state index contributed by atoms with van der Waals surface area (Å²) in [5.74, 6) is -1.72. The largest absolute Gasteiger partial charge is 0.244 e. The first-order valence-electron chi connectivity index (χ1n) is 7.59. The molecule has 0 fully saturated rings. The van der Waals surface area contributed by atoms with Gasteiger partial charge in [-0.1, -0.05) is 11.6 Å². The van der Waals surface area contributed by atoms with Crippen LogP contribution in [0.5, 0.6) is 0 Å². The third-order valence-electron chi connectivity index (χ3n) is 4.14. The van der Waals surface area contributed by atoms with Crippen molar-refractivity contribution in [3.8, 4) is 12.1 Å². The van der Waals surface area contributed by atoms with Gasteiger partial charge < -0.3 is 0 Å². The van der Waals surface area contributed by atoms with Crippen molar-refractivity contribution in [3.05, 3.63) is 68.2 Å². The highest BCUT2D eigenvalue weighted by Crippen LogP contribution is 2.33. The van der Waals surface area contributed by atoms with Gasteiger partial charge in [-0.2, -0.15) is 10.5 Å². The number of nitriles is 2. The molecule has 0 aromatic heterocycles. The molecule has 2 aromatic rings. The van der Waals surface area contributed by atoms with Crippen LogP contribution in [-0.2, 0) is 6.42 Å². The van der Waals surface area contributed by atoms with E-state index in [2.05, 4.69) is 0 Å². The number of hydrogen-bond acceptors (Lipinski definition) is 2. The second-order valence-electron chi connectivity index (χ2n) is 5.83. The molecule has 0 heterocycles. The minimum absolute atomic E-state index is 0.0413. The zero-order valence-electron chi connectivity index (χ0n) is 13.9. The Bertz CT molecular complexity index is 942. The highest BCUT2D eigenvalue weighted by Gasteiger charge is 2.25. The van der Waals surface area contributed by atoms with Gasteiger partial charge in [0.1, 0.15) is 23.9 Å². The molecule has 0 aliphatic heterocycles. The van der Waals surface area contributed by atoms with Gasteiger partial charge in [0.05, 0.1) is 22.2 Å². The number of rotatable bonds is 4. The average molecular weight is 381 g/mol. The molecule has 2 nitrogen and oxygen atoms in total. The van der Waals surface area contributed by atoms with E-state index in [1.165, 1.54) is 6.92 Å². The summed E-state index contributed by atoms with van der Waals surface area (Å²) in [4.78, 5) is 0. The van der Waals surface area contributed by atoms with E-state index < -0.39 is 24.0 Å². The van der Waals surface area contributed by atoms with Crippen molar-refractivity contribution < 1.29 is 17.6 Å². The molecule has 0 saturated heterocycles. The van der Waals surface area contributed by atoms with Crippen LogP contribution in [0.1, 0.15) is 46.5 Å². The zero-order chi connectivity index (χ0) is 19.6. The van der Waals surface area contributed by atoms with Gasteiger partial charge in [-0.3, -0.25) is 0 Å². The molecule has 2 aromatic carbocycles. The van der Waals surface area contributed by atoms with Crippen molar-refractivity contribution >= 4 is 11.6 Å². The summed E-state index contributed by atoms with van der Waals surface area (Å²) in [6, 6.07) is 6.34. The lowest BCUT2D eigenvalue weighted by Crippen LogP contribution is -2.11. The van der Waals surface area contributed by atoms with Crippen molar-refractivity contribution in [3.63, 3.8) is 0 Å². The van der Waals surface area contributed by atoms with Gasteiger partial charge in [-0.15, -0.1) is 0 Å². The lowest BCUT2D eigenvalue weighted by molar-refractivity contribution is 0.183. The van der Waals surface area contributed by atoms with Gasteiger partial charge in [-0.05, 0) is 60.7 Å². The van der Waals surface area contributed by atoms with Gasteiger partial charge in [0.15, 0.2) is 6.17 Å². The van der Waals surface area contributed by atoms with E-state index in [1.807, 2.05) is 0 Å². The van der Waals surface area contributed by atoms with Gasteiger partial charge >= 0.3 is 0 Å². The van der Waals surface area contributed by atoms with E-state index in [0.29, 0.717) is 5.56 Å². The van der Waals surface area contributed by atoms with Crippen molar-refractivity contribution in [2.24, 2.45) is 0 Å². The first-order chi connectivity index (χ1) is 12.2. The molecule has 0 amide bonds. The minimum atomic E-state index is -2.15. The molecule has 0 N–H and O–H groups in total. The van der Waals surface area contributed by atoms with Crippen LogP contribution >= 0.6 is 11.6 Å². The molecule has 2 unspecified atom stereocenters. The SMILES string of the molecule is Cc1c(Cc2c(C#N)cc(F)cc2C(F)C(C)F)cc(F)c(Cl)c1C#N. The van der Waals surface area contributed by atoms with Crippen molar-refractivity contribution in [2.75, 3.05) is 0 Å². The molecule has 0 aliphatic carbocycles. The smallest absolute Gasteiger partial charge is 0.156 e. The van der Waals surface area contributed by atoms with Crippen LogP contribution in [0, 0.1) is 41.2 Å². The van der Waals surface area contributed by atoms with Gasteiger partial charge in [0.2, 0.25) is 0 Å². The van der Waals surface area contributed by atoms with Gasteiger partial charge in [0.25, 0.3) is 0 Å². The normalized spacial score (nSPS) is 13.0. The lowest BCUT2D eigenvalue weighted by Gasteiger charge is -2.18. The molecule has 0 spiro atoms. The van der Waals surface area contributed by atoms with Crippen LogP contribution in [0.2, 0.25) is 5.02 Å². The zero-order valence-corrected chi connectivity index (χ0v) is 14.6. The fraction of sp³-hybridized carbons (Fsp3) is 0.263. The molecule has 2 rings (SSSR count). The Morgan fingerprint density at radius 2 is 1.77 bits per heavy atom. The highest BCUT2D eigenvalue weighted by atomic mass is 35.5. The fourth-order valence-corrected chi connectivity index (χ4v) is 2.96. The molecule has 7 heteroatoms. The summed E-state index contributed by atoms with van der Waals surface area (Å²) in [7, 11) is 0. The molecule has 2 atom stereocenters. The van der Waals surface area contributed by atoms with Crippen LogP contribution in [0.25, 0.3) is 0 Å². The Hall–Kier alpha value is -2.57. The molecule has 0 saturated carbocycles. The van der Waals surface area contributed by atoms with Gasteiger partial charge in [0, 0.05) is 0 Å². The van der Waals surface area contributed by atoms with E-state index in [0.717, 1.165) is 25.1 Å². The summed E-state index contributed by atoms with van der Waals surface area (Å²) in [6.07, 6.45) is -4.26. The number of hydrogen-bond donors (Lipinski definition) is 0. The van der Waals surface area contributed by atoms with E-state index in [1.54, 1.807) is 12.1 Å². The first-order valence-corrected chi connectivity index (χ1v) is 7.97. The van der Waals surface area contributed by atoms with Crippen LogP contribution < -0.4 is 0 Å². The summed E-state index contributed by atoms with van der Waals surface area (Å²) < 4.78 is 55.5. The third kappa shape index (κ3) is 3.66. The molecular formula is C19H13ClF4N2. The summed E-state index contributed by atoms with van der Waals surface area (Å²) in [6.45, 7) is 2.51. The maximum atomic E-state index is 14.3. The van der Waals surface area contributed by atoms with Crippen molar-refractivity contribution in [1.29, 1.82) is 10.5 Å². The number of alkyl halides is 2. The first kappa shape index (κ1) is 19.8. The van der Waals surface area contributed by atoms with Crippen molar-refractivity contribution in [2.45, 2.75) is 32.6 Å². The predicted octanol–water partition coefficient (Wildman–Crippen LogP) is 5.63. The molecular weight excluding hydrogens is 368 g/mol. The van der Waals surface area contributed by atoms with Gasteiger partial charge in [-0.25, -0.2) is 17.6 Å². The second kappa shape index (κ2) is 7.76. The summed E-state index contributed by atoms with van der Waals surface area (Å²) >= 11 is 5.77. The van der Waals surface area contributed by atoms with E-state index in [4.69, 9.17) is 16.9 Å². The Balaban J connectivity index is 2.70. The highest BCUT2D eigenvalue weighted by molar-refractivity contribution is 6.32. The maximum absolute atomic E-state index is 14.3. The second-order valence-corrected chi connectivity index (χ2v) is 6.21. The molecule has 134 valence electrons. The monoisotopic (exact) mass is 380 g/mol. The van der Waals surface area contributed by atoms with E-state index in [9.17, 15) is 22.8 Å². The van der Waals surface area contributed by atoms with E-state index in [-0.39, 0.29) is 39.3 Å². The number of nitrogens with zero attached hydrogens (tertiary/aromatic N) is 2. The fourth-order valence-electron chi connectivity index (χ4n) is 2.72.